The summed E-state index contributed by atoms with van der Waals surface area (Å²) >= 11 is 0. The van der Waals surface area contributed by atoms with Crippen molar-refractivity contribution in [1.29, 1.82) is 0 Å². The molecule has 0 spiro atoms. The maximum Gasteiger partial charge on any atom is 0.260 e. The second-order valence-corrected chi connectivity index (χ2v) is 7.29. The molecule has 3 aromatic rings. The number of fused-ring (bicyclic) bond motifs is 1. The fraction of sp³-hybridized carbons (Fsp3) is 0.217. The molecule has 3 heterocycles. The van der Waals surface area contributed by atoms with Crippen LogP contribution >= 0.6 is 0 Å². The minimum absolute atomic E-state index is 0.0472. The Morgan fingerprint density at radius 1 is 1.13 bits per heavy atom. The van der Waals surface area contributed by atoms with E-state index in [-0.39, 0.29) is 11.5 Å². The second-order valence-electron chi connectivity index (χ2n) is 7.29. The van der Waals surface area contributed by atoms with Gasteiger partial charge in [-0.1, -0.05) is 12.1 Å². The van der Waals surface area contributed by atoms with E-state index >= 15 is 0 Å². The molecule has 1 amide bonds. The zero-order chi connectivity index (χ0) is 22.0. The maximum absolute atomic E-state index is 12.9. The third-order valence-electron chi connectivity index (χ3n) is 5.20. The van der Waals surface area contributed by atoms with Crippen molar-refractivity contribution in [2.24, 2.45) is 0 Å². The van der Waals surface area contributed by atoms with Gasteiger partial charge in [-0.3, -0.25) is 9.59 Å². The fourth-order valence-corrected chi connectivity index (χ4v) is 3.51. The van der Waals surface area contributed by atoms with Crippen LogP contribution in [0.5, 0.6) is 0 Å². The van der Waals surface area contributed by atoms with Gasteiger partial charge in [-0.15, -0.1) is 0 Å². The molecule has 0 saturated carbocycles. The van der Waals surface area contributed by atoms with Crippen molar-refractivity contribution in [2.45, 2.75) is 26.8 Å². The van der Waals surface area contributed by atoms with Crippen molar-refractivity contribution < 1.29 is 4.79 Å². The molecule has 8 nitrogen and oxygen atoms in total. The number of anilines is 3. The number of carbonyl (C=O) groups excluding carboxylic acids is 1. The Hall–Kier alpha value is -3.94. The number of aromatic nitrogens is 3. The third-order valence-corrected chi connectivity index (χ3v) is 5.20. The van der Waals surface area contributed by atoms with E-state index in [1.165, 1.54) is 6.20 Å². The highest BCUT2D eigenvalue weighted by Gasteiger charge is 2.21. The summed E-state index contributed by atoms with van der Waals surface area (Å²) in [4.78, 5) is 34.0. The fourth-order valence-electron chi connectivity index (χ4n) is 3.51. The van der Waals surface area contributed by atoms with Crippen molar-refractivity contribution in [1.82, 2.24) is 19.9 Å². The van der Waals surface area contributed by atoms with E-state index in [1.54, 1.807) is 23.9 Å². The number of pyridine rings is 3. The number of amides is 1. The largest absolute Gasteiger partial charge is 0.355 e. The smallest absolute Gasteiger partial charge is 0.260 e. The number of allylic oxidation sites excluding steroid dienone is 1. The average Bonchev–Trinajstić information content (AvgIpc) is 3.19. The minimum atomic E-state index is -0.270. The van der Waals surface area contributed by atoms with E-state index in [0.29, 0.717) is 47.1 Å². The Bertz CT molecular complexity index is 1230. The van der Waals surface area contributed by atoms with Crippen molar-refractivity contribution in [3.63, 3.8) is 0 Å². The molecule has 0 fully saturated rings. The zero-order valence-corrected chi connectivity index (χ0v) is 17.7. The molecule has 0 radical (unpaired) electrons. The number of rotatable bonds is 6. The molecular formula is C23H24N6O2. The van der Waals surface area contributed by atoms with Crippen molar-refractivity contribution in [3.8, 4) is 0 Å². The molecule has 8 heteroatoms. The van der Waals surface area contributed by atoms with E-state index in [2.05, 4.69) is 25.9 Å². The predicted octanol–water partition coefficient (Wildman–Crippen LogP) is 3.08. The number of hydrogen-bond donors (Lipinski definition) is 3. The normalized spacial score (nSPS) is 12.2. The van der Waals surface area contributed by atoms with Gasteiger partial charge in [-0.05, 0) is 43.5 Å². The van der Waals surface area contributed by atoms with Gasteiger partial charge in [-0.2, -0.15) is 0 Å². The summed E-state index contributed by atoms with van der Waals surface area (Å²) in [6, 6.07) is 7.52. The lowest BCUT2D eigenvalue weighted by Gasteiger charge is -2.15. The quantitative estimate of drug-likeness (QED) is 0.571. The molecule has 0 atom stereocenters. The van der Waals surface area contributed by atoms with Crippen LogP contribution in [0.15, 0.2) is 53.7 Å². The maximum atomic E-state index is 12.9. The molecule has 0 aromatic carbocycles. The lowest BCUT2D eigenvalue weighted by molar-refractivity contribution is 0.0963. The molecule has 0 saturated heterocycles. The first-order valence-corrected chi connectivity index (χ1v) is 10.1. The molecule has 0 aliphatic heterocycles. The van der Waals surface area contributed by atoms with Gasteiger partial charge in [0, 0.05) is 43.9 Å². The van der Waals surface area contributed by atoms with E-state index in [1.807, 2.05) is 44.3 Å². The summed E-state index contributed by atoms with van der Waals surface area (Å²) in [5, 5.41) is 9.08. The Kier molecular flexibility index (Phi) is 5.53. The highest BCUT2D eigenvalue weighted by atomic mass is 16.1. The summed E-state index contributed by atoms with van der Waals surface area (Å²) < 4.78 is 1.67. The van der Waals surface area contributed by atoms with Crippen LogP contribution < -0.4 is 21.5 Å². The monoisotopic (exact) mass is 416 g/mol. The first kappa shape index (κ1) is 20.3. The Morgan fingerprint density at radius 3 is 2.65 bits per heavy atom. The van der Waals surface area contributed by atoms with Gasteiger partial charge in [0.25, 0.3) is 11.5 Å². The van der Waals surface area contributed by atoms with Crippen LogP contribution in [0.4, 0.5) is 17.3 Å². The third kappa shape index (κ3) is 4.05. The van der Waals surface area contributed by atoms with Gasteiger partial charge < -0.3 is 20.5 Å². The highest BCUT2D eigenvalue weighted by Crippen LogP contribution is 2.29. The first-order chi connectivity index (χ1) is 15.0. The van der Waals surface area contributed by atoms with Crippen LogP contribution in [0.2, 0.25) is 0 Å². The first-order valence-electron chi connectivity index (χ1n) is 10.1. The molecule has 3 N–H and O–H groups in total. The second kappa shape index (κ2) is 8.43. The van der Waals surface area contributed by atoms with Crippen LogP contribution in [0, 0.1) is 6.92 Å². The standard InChI is InChI=1S/C23H24N6O2/c1-4-29-10-9-15-6-7-17(21(15)23(29)31)27-18-11-20(26-13-16(18)22(30)24-3)28-19-8-5-14(2)12-25-19/h5,7-13H,4,6H2,1-3H3,(H,24,30)(H2,25,26,27,28). The van der Waals surface area contributed by atoms with Crippen LogP contribution in [0.3, 0.4) is 0 Å². The summed E-state index contributed by atoms with van der Waals surface area (Å²) in [6.45, 7) is 4.49. The lowest BCUT2D eigenvalue weighted by atomic mass is 10.1. The molecule has 0 bridgehead atoms. The van der Waals surface area contributed by atoms with Crippen LogP contribution in [0.25, 0.3) is 5.70 Å². The number of nitrogens with zero attached hydrogens (tertiary/aromatic N) is 3. The van der Waals surface area contributed by atoms with Gasteiger partial charge in [0.15, 0.2) is 0 Å². The number of hydrogen-bond acceptors (Lipinski definition) is 6. The molecule has 0 unspecified atom stereocenters. The molecule has 3 aromatic heterocycles. The Balaban J connectivity index is 1.70. The minimum Gasteiger partial charge on any atom is -0.355 e. The molecule has 1 aliphatic rings. The SMILES string of the molecule is CCn1ccc2c(c1=O)C(Nc1cc(Nc3ccc(C)cn3)ncc1C(=O)NC)=CC2. The Labute approximate surface area is 180 Å². The Morgan fingerprint density at radius 2 is 1.94 bits per heavy atom. The van der Waals surface area contributed by atoms with Crippen LogP contribution in [-0.2, 0) is 13.0 Å². The van der Waals surface area contributed by atoms with Gasteiger partial charge in [0.2, 0.25) is 0 Å². The van der Waals surface area contributed by atoms with Crippen molar-refractivity contribution >= 4 is 28.9 Å². The lowest BCUT2D eigenvalue weighted by Crippen LogP contribution is -2.24. The topological polar surface area (TPSA) is 101 Å². The summed E-state index contributed by atoms with van der Waals surface area (Å²) in [5.74, 6) is 0.908. The number of carbonyl (C=O) groups is 1. The summed E-state index contributed by atoms with van der Waals surface area (Å²) in [7, 11) is 1.57. The van der Waals surface area contributed by atoms with Gasteiger partial charge in [-0.25, -0.2) is 9.97 Å². The van der Waals surface area contributed by atoms with Crippen molar-refractivity contribution in [2.75, 3.05) is 17.7 Å². The number of nitrogens with one attached hydrogen (secondary N) is 3. The van der Waals surface area contributed by atoms with Gasteiger partial charge >= 0.3 is 0 Å². The summed E-state index contributed by atoms with van der Waals surface area (Å²) in [6.07, 6.45) is 7.71. The highest BCUT2D eigenvalue weighted by molar-refractivity contribution is 6.01. The van der Waals surface area contributed by atoms with E-state index in [9.17, 15) is 9.59 Å². The van der Waals surface area contributed by atoms with E-state index < -0.39 is 0 Å². The van der Waals surface area contributed by atoms with Crippen molar-refractivity contribution in [3.05, 3.63) is 81.5 Å². The van der Waals surface area contributed by atoms with E-state index in [4.69, 9.17) is 0 Å². The van der Waals surface area contributed by atoms with Crippen LogP contribution in [0.1, 0.15) is 34.0 Å². The number of aryl methyl sites for hydroxylation is 2. The molecular weight excluding hydrogens is 392 g/mol. The molecule has 31 heavy (non-hydrogen) atoms. The molecule has 1 aliphatic carbocycles. The molecule has 4 rings (SSSR count). The predicted molar refractivity (Wildman–Crippen MR) is 122 cm³/mol. The average molecular weight is 416 g/mol. The molecule has 158 valence electrons. The van der Waals surface area contributed by atoms with E-state index in [0.717, 1.165) is 11.1 Å². The van der Waals surface area contributed by atoms with Gasteiger partial charge in [0.05, 0.1) is 16.8 Å². The summed E-state index contributed by atoms with van der Waals surface area (Å²) in [5.41, 5.74) is 4.24. The zero-order valence-electron chi connectivity index (χ0n) is 17.7. The van der Waals surface area contributed by atoms with Crippen LogP contribution in [-0.4, -0.2) is 27.5 Å². The van der Waals surface area contributed by atoms with Gasteiger partial charge in [0.1, 0.15) is 11.6 Å².